The van der Waals surface area contributed by atoms with Gasteiger partial charge in [-0.15, -0.1) is 0 Å². The van der Waals surface area contributed by atoms with Crippen LogP contribution in [0.15, 0.2) is 24.4 Å². The molecule has 0 aliphatic rings. The molecule has 0 aliphatic carbocycles. The van der Waals surface area contributed by atoms with Crippen molar-refractivity contribution in [2.75, 3.05) is 11.9 Å². The van der Waals surface area contributed by atoms with E-state index in [1.165, 1.54) is 0 Å². The average molecular weight is 300 g/mol. The number of hydrogen-bond donors (Lipinski definition) is 1. The highest BCUT2D eigenvalue weighted by Crippen LogP contribution is 2.33. The van der Waals surface area contributed by atoms with E-state index in [1.807, 2.05) is 6.92 Å². The second kappa shape index (κ2) is 6.17. The van der Waals surface area contributed by atoms with Gasteiger partial charge in [0.15, 0.2) is 5.82 Å². The molecule has 19 heavy (non-hydrogen) atoms. The van der Waals surface area contributed by atoms with Gasteiger partial charge in [-0.3, -0.25) is 0 Å². The first kappa shape index (κ1) is 14.0. The molecule has 0 amide bonds. The van der Waals surface area contributed by atoms with E-state index in [0.717, 1.165) is 12.6 Å². The largest absolute Gasteiger partial charge is 0.354 e. The number of rotatable bonds is 4. The second-order valence-corrected chi connectivity index (χ2v) is 4.70. The SMILES string of the molecule is CCCNc1ncc(F)c(-c2cccc(Cl)c2Cl)n1. The number of anilines is 1. The van der Waals surface area contributed by atoms with E-state index in [-0.39, 0.29) is 10.7 Å². The molecule has 1 aromatic carbocycles. The Bertz CT molecular complexity index is 590. The molecule has 0 aliphatic heterocycles. The maximum absolute atomic E-state index is 13.8. The minimum atomic E-state index is -0.536. The van der Waals surface area contributed by atoms with Gasteiger partial charge in [-0.2, -0.15) is 0 Å². The van der Waals surface area contributed by atoms with Gasteiger partial charge < -0.3 is 5.32 Å². The van der Waals surface area contributed by atoms with Crippen LogP contribution in [0.25, 0.3) is 11.3 Å². The zero-order chi connectivity index (χ0) is 13.8. The van der Waals surface area contributed by atoms with Crippen LogP contribution in [0.2, 0.25) is 10.0 Å². The number of halogens is 3. The van der Waals surface area contributed by atoms with Gasteiger partial charge in [0.25, 0.3) is 0 Å². The van der Waals surface area contributed by atoms with Crippen molar-refractivity contribution < 1.29 is 4.39 Å². The molecule has 0 atom stereocenters. The molecular formula is C13H12Cl2FN3. The van der Waals surface area contributed by atoms with Crippen molar-refractivity contribution in [1.82, 2.24) is 9.97 Å². The third-order valence-corrected chi connectivity index (χ3v) is 3.30. The number of hydrogen-bond acceptors (Lipinski definition) is 3. The minimum Gasteiger partial charge on any atom is -0.354 e. The number of nitrogens with zero attached hydrogens (tertiary/aromatic N) is 2. The van der Waals surface area contributed by atoms with Crippen molar-refractivity contribution in [3.63, 3.8) is 0 Å². The standard InChI is InChI=1S/C13H12Cl2FN3/c1-2-6-17-13-18-7-10(16)12(19-13)8-4-3-5-9(14)11(8)15/h3-5,7H,2,6H2,1H3,(H,17,18,19). The summed E-state index contributed by atoms with van der Waals surface area (Å²) in [5.74, 6) is -0.166. The first-order valence-electron chi connectivity index (χ1n) is 5.84. The summed E-state index contributed by atoms with van der Waals surface area (Å²) < 4.78 is 13.8. The molecule has 2 aromatic rings. The van der Waals surface area contributed by atoms with Crippen LogP contribution < -0.4 is 5.32 Å². The molecule has 0 spiro atoms. The molecule has 0 fully saturated rings. The van der Waals surface area contributed by atoms with Gasteiger partial charge in [-0.25, -0.2) is 14.4 Å². The lowest BCUT2D eigenvalue weighted by atomic mass is 10.1. The Balaban J connectivity index is 2.45. The fourth-order valence-corrected chi connectivity index (χ4v) is 1.95. The molecule has 0 saturated heterocycles. The summed E-state index contributed by atoms with van der Waals surface area (Å²) in [6.45, 7) is 2.74. The predicted octanol–water partition coefficient (Wildman–Crippen LogP) is 4.41. The van der Waals surface area contributed by atoms with Crippen LogP contribution in [0, 0.1) is 5.82 Å². The molecule has 1 aromatic heterocycles. The van der Waals surface area contributed by atoms with Gasteiger partial charge >= 0.3 is 0 Å². The van der Waals surface area contributed by atoms with Gasteiger partial charge in [0.1, 0.15) is 5.69 Å². The summed E-state index contributed by atoms with van der Waals surface area (Å²) in [6.07, 6.45) is 2.05. The molecule has 2 rings (SSSR count). The van der Waals surface area contributed by atoms with Crippen LogP contribution in [-0.4, -0.2) is 16.5 Å². The fourth-order valence-electron chi connectivity index (χ4n) is 1.56. The average Bonchev–Trinajstić information content (AvgIpc) is 2.41. The monoisotopic (exact) mass is 299 g/mol. The Kier molecular flexibility index (Phi) is 4.56. The number of benzene rings is 1. The van der Waals surface area contributed by atoms with Crippen molar-refractivity contribution in [2.45, 2.75) is 13.3 Å². The number of nitrogens with one attached hydrogen (secondary N) is 1. The highest BCUT2D eigenvalue weighted by atomic mass is 35.5. The predicted molar refractivity (Wildman–Crippen MR) is 76.2 cm³/mol. The number of aromatic nitrogens is 2. The molecule has 100 valence electrons. The smallest absolute Gasteiger partial charge is 0.223 e. The van der Waals surface area contributed by atoms with Gasteiger partial charge in [0, 0.05) is 12.1 Å². The highest BCUT2D eigenvalue weighted by Gasteiger charge is 2.14. The van der Waals surface area contributed by atoms with Crippen LogP contribution in [-0.2, 0) is 0 Å². The Labute approximate surface area is 120 Å². The normalized spacial score (nSPS) is 10.5. The Hall–Kier alpha value is -1.39. The fraction of sp³-hybridized carbons (Fsp3) is 0.231. The molecule has 6 heteroatoms. The zero-order valence-electron chi connectivity index (χ0n) is 10.3. The minimum absolute atomic E-state index is 0.140. The third kappa shape index (κ3) is 3.14. The van der Waals surface area contributed by atoms with Crippen molar-refractivity contribution in [2.24, 2.45) is 0 Å². The summed E-state index contributed by atoms with van der Waals surface area (Å²) >= 11 is 12.0. The van der Waals surface area contributed by atoms with E-state index in [9.17, 15) is 4.39 Å². The lowest BCUT2D eigenvalue weighted by Crippen LogP contribution is -2.06. The van der Waals surface area contributed by atoms with Crippen LogP contribution in [0.3, 0.4) is 0 Å². The molecular weight excluding hydrogens is 288 g/mol. The lowest BCUT2D eigenvalue weighted by Gasteiger charge is -2.08. The molecule has 1 N–H and O–H groups in total. The van der Waals surface area contributed by atoms with E-state index < -0.39 is 5.82 Å². The van der Waals surface area contributed by atoms with Crippen LogP contribution >= 0.6 is 23.2 Å². The van der Waals surface area contributed by atoms with Crippen LogP contribution in [0.1, 0.15) is 13.3 Å². The molecule has 0 bridgehead atoms. The molecule has 0 unspecified atom stereocenters. The summed E-state index contributed by atoms with van der Waals surface area (Å²) in [7, 11) is 0. The summed E-state index contributed by atoms with van der Waals surface area (Å²) in [5.41, 5.74) is 0.592. The second-order valence-electron chi connectivity index (χ2n) is 3.92. The molecule has 1 heterocycles. The molecule has 0 radical (unpaired) electrons. The molecule has 3 nitrogen and oxygen atoms in total. The third-order valence-electron chi connectivity index (χ3n) is 2.48. The first-order valence-corrected chi connectivity index (χ1v) is 6.60. The van der Waals surface area contributed by atoms with E-state index >= 15 is 0 Å². The van der Waals surface area contributed by atoms with Crippen LogP contribution in [0.5, 0.6) is 0 Å². The van der Waals surface area contributed by atoms with Gasteiger partial charge in [-0.1, -0.05) is 42.3 Å². The van der Waals surface area contributed by atoms with Crippen molar-refractivity contribution in [3.05, 3.63) is 40.3 Å². The van der Waals surface area contributed by atoms with Crippen molar-refractivity contribution >= 4 is 29.2 Å². The van der Waals surface area contributed by atoms with E-state index in [2.05, 4.69) is 15.3 Å². The first-order chi connectivity index (χ1) is 9.13. The summed E-state index contributed by atoms with van der Waals surface area (Å²) in [6, 6.07) is 5.01. The van der Waals surface area contributed by atoms with E-state index in [4.69, 9.17) is 23.2 Å². The summed E-state index contributed by atoms with van der Waals surface area (Å²) in [5, 5.41) is 3.64. The van der Waals surface area contributed by atoms with Crippen LogP contribution in [0.4, 0.5) is 10.3 Å². The van der Waals surface area contributed by atoms with Gasteiger partial charge in [-0.05, 0) is 12.5 Å². The lowest BCUT2D eigenvalue weighted by molar-refractivity contribution is 0.618. The quantitative estimate of drug-likeness (QED) is 0.908. The maximum Gasteiger partial charge on any atom is 0.223 e. The highest BCUT2D eigenvalue weighted by molar-refractivity contribution is 6.43. The zero-order valence-corrected chi connectivity index (χ0v) is 11.8. The summed E-state index contributed by atoms with van der Waals surface area (Å²) in [4.78, 5) is 8.02. The molecule has 0 saturated carbocycles. The van der Waals surface area contributed by atoms with Gasteiger partial charge in [0.05, 0.1) is 16.2 Å². The van der Waals surface area contributed by atoms with E-state index in [1.54, 1.807) is 18.2 Å². The topological polar surface area (TPSA) is 37.8 Å². The maximum atomic E-state index is 13.8. The Morgan fingerprint density at radius 1 is 1.32 bits per heavy atom. The van der Waals surface area contributed by atoms with Gasteiger partial charge in [0.2, 0.25) is 5.95 Å². The van der Waals surface area contributed by atoms with Crippen molar-refractivity contribution in [3.8, 4) is 11.3 Å². The van der Waals surface area contributed by atoms with Crippen molar-refractivity contribution in [1.29, 1.82) is 0 Å². The Morgan fingerprint density at radius 3 is 2.84 bits per heavy atom. The Morgan fingerprint density at radius 2 is 2.11 bits per heavy atom. The van der Waals surface area contributed by atoms with E-state index in [0.29, 0.717) is 23.1 Å².